The second-order valence-electron chi connectivity index (χ2n) is 7.45. The average molecular weight is 498 g/mol. The number of aliphatic imine (C=N–C) groups is 1. The molecule has 0 fully saturated rings. The molecule has 1 heterocycles. The molecule has 0 spiro atoms. The summed E-state index contributed by atoms with van der Waals surface area (Å²) >= 11 is 0. The smallest absolute Gasteiger partial charge is 0.326 e. The Kier molecular flexibility index (Phi) is 12.2. The van der Waals surface area contributed by atoms with Crippen LogP contribution in [0.2, 0.25) is 0 Å². The summed E-state index contributed by atoms with van der Waals surface area (Å²) in [4.78, 5) is 70.3. The van der Waals surface area contributed by atoms with Crippen molar-refractivity contribution < 1.29 is 34.2 Å². The maximum Gasteiger partial charge on any atom is 0.326 e. The monoisotopic (exact) mass is 497 g/mol. The number of hydrogen-bond acceptors (Lipinski definition) is 8. The minimum absolute atomic E-state index is 0.0889. The summed E-state index contributed by atoms with van der Waals surface area (Å²) in [5.41, 5.74) is 16.3. The Labute approximate surface area is 200 Å². The fourth-order valence-corrected chi connectivity index (χ4v) is 2.92. The maximum atomic E-state index is 12.9. The Morgan fingerprint density at radius 1 is 1.00 bits per heavy atom. The predicted octanol–water partition coefficient (Wildman–Crippen LogP) is -3.63. The highest BCUT2D eigenvalue weighted by molar-refractivity contribution is 5.93. The number of hydrogen-bond donors (Lipinski definition) is 9. The van der Waals surface area contributed by atoms with Gasteiger partial charge in [-0.2, -0.15) is 0 Å². The fraction of sp³-hybridized carbons (Fsp3) is 0.526. The summed E-state index contributed by atoms with van der Waals surface area (Å²) in [7, 11) is 0. The lowest BCUT2D eigenvalue weighted by molar-refractivity contribution is -0.143. The molecule has 194 valence electrons. The average Bonchev–Trinajstić information content (AvgIpc) is 3.30. The number of nitrogens with one attached hydrogen (secondary N) is 4. The molecule has 0 aliphatic heterocycles. The van der Waals surface area contributed by atoms with Gasteiger partial charge >= 0.3 is 11.9 Å². The highest BCUT2D eigenvalue weighted by Gasteiger charge is 2.30. The Balaban J connectivity index is 3.01. The van der Waals surface area contributed by atoms with E-state index in [2.05, 4.69) is 30.9 Å². The number of aliphatic carboxylic acids is 2. The van der Waals surface area contributed by atoms with Crippen molar-refractivity contribution in [3.05, 3.63) is 18.2 Å². The number of carboxylic acid groups (broad SMARTS) is 2. The van der Waals surface area contributed by atoms with Crippen LogP contribution in [0.5, 0.6) is 0 Å². The molecule has 3 amide bonds. The summed E-state index contributed by atoms with van der Waals surface area (Å²) in [6.45, 7) is -0.188. The first-order valence-corrected chi connectivity index (χ1v) is 10.6. The molecule has 12 N–H and O–H groups in total. The van der Waals surface area contributed by atoms with E-state index in [0.717, 1.165) is 0 Å². The highest BCUT2D eigenvalue weighted by atomic mass is 16.4. The van der Waals surface area contributed by atoms with E-state index in [9.17, 15) is 29.1 Å². The lowest BCUT2D eigenvalue weighted by Crippen LogP contribution is -2.56. The molecule has 1 aromatic rings. The molecule has 0 aromatic carbocycles. The van der Waals surface area contributed by atoms with Crippen molar-refractivity contribution in [2.45, 2.75) is 50.2 Å². The molecule has 1 rings (SSSR count). The molecule has 0 bridgehead atoms. The van der Waals surface area contributed by atoms with Crippen LogP contribution in [-0.2, 0) is 30.4 Å². The SMILES string of the molecule is NCC(=O)NC(CCCN=C(N)N)C(=O)NC(Cc1cnc[nH]1)C(=O)NC(CCC(=O)O)C(=O)O. The normalized spacial score (nSPS) is 13.1. The summed E-state index contributed by atoms with van der Waals surface area (Å²) < 4.78 is 0. The van der Waals surface area contributed by atoms with Crippen molar-refractivity contribution in [2.75, 3.05) is 13.1 Å². The minimum Gasteiger partial charge on any atom is -0.481 e. The summed E-state index contributed by atoms with van der Waals surface area (Å²) in [5.74, 6) is -5.00. The Morgan fingerprint density at radius 3 is 2.20 bits per heavy atom. The molecule has 35 heavy (non-hydrogen) atoms. The Bertz CT molecular complexity index is 900. The third-order valence-corrected chi connectivity index (χ3v) is 4.66. The summed E-state index contributed by atoms with van der Waals surface area (Å²) in [5, 5.41) is 25.3. The number of aromatic nitrogens is 2. The second-order valence-corrected chi connectivity index (χ2v) is 7.45. The molecule has 1 aromatic heterocycles. The predicted molar refractivity (Wildman–Crippen MR) is 122 cm³/mol. The standard InChI is InChI=1S/C19H31N9O7/c20-7-14(29)26-11(2-1-5-24-19(21)22)16(32)28-13(6-10-8-23-9-25-10)17(33)27-12(18(34)35)3-4-15(30)31/h8-9,11-13H,1-7,20H2,(H,23,25)(H,26,29)(H,27,33)(H,28,32)(H,30,31)(H,34,35)(H4,21,22,24). The van der Waals surface area contributed by atoms with Gasteiger partial charge in [-0.15, -0.1) is 0 Å². The summed E-state index contributed by atoms with van der Waals surface area (Å²) in [6, 6.07) is -3.85. The Hall–Kier alpha value is -4.21. The van der Waals surface area contributed by atoms with E-state index in [1.807, 2.05) is 0 Å². The maximum absolute atomic E-state index is 12.9. The molecule has 16 heteroatoms. The number of aromatic amines is 1. The molecule has 16 nitrogen and oxygen atoms in total. The molecular formula is C19H31N9O7. The van der Waals surface area contributed by atoms with Crippen molar-refractivity contribution in [2.24, 2.45) is 22.2 Å². The molecule has 0 aliphatic carbocycles. The Morgan fingerprint density at radius 2 is 1.66 bits per heavy atom. The van der Waals surface area contributed by atoms with E-state index in [1.54, 1.807) is 0 Å². The zero-order chi connectivity index (χ0) is 26.4. The number of carbonyl (C=O) groups excluding carboxylic acids is 3. The van der Waals surface area contributed by atoms with Crippen LogP contribution in [0.25, 0.3) is 0 Å². The van der Waals surface area contributed by atoms with E-state index < -0.39 is 54.2 Å². The largest absolute Gasteiger partial charge is 0.481 e. The van der Waals surface area contributed by atoms with Gasteiger partial charge in [-0.25, -0.2) is 9.78 Å². The van der Waals surface area contributed by atoms with Gasteiger partial charge < -0.3 is 48.3 Å². The van der Waals surface area contributed by atoms with Gasteiger partial charge in [-0.1, -0.05) is 0 Å². The number of guanidine groups is 1. The highest BCUT2D eigenvalue weighted by Crippen LogP contribution is 2.05. The van der Waals surface area contributed by atoms with Crippen molar-refractivity contribution in [3.63, 3.8) is 0 Å². The van der Waals surface area contributed by atoms with E-state index in [4.69, 9.17) is 22.3 Å². The molecule has 3 unspecified atom stereocenters. The molecule has 0 aliphatic rings. The third kappa shape index (κ3) is 11.5. The van der Waals surface area contributed by atoms with Gasteiger partial charge in [-0.3, -0.25) is 24.2 Å². The lowest BCUT2D eigenvalue weighted by atomic mass is 10.1. The van der Waals surface area contributed by atoms with E-state index in [0.29, 0.717) is 12.1 Å². The van der Waals surface area contributed by atoms with Gasteiger partial charge in [-0.05, 0) is 19.3 Å². The van der Waals surface area contributed by atoms with Crippen LogP contribution in [0.3, 0.4) is 0 Å². The van der Waals surface area contributed by atoms with Crippen LogP contribution in [0.1, 0.15) is 31.4 Å². The van der Waals surface area contributed by atoms with E-state index in [-0.39, 0.29) is 38.3 Å². The number of imidazole rings is 1. The van der Waals surface area contributed by atoms with Gasteiger partial charge in [0.25, 0.3) is 0 Å². The van der Waals surface area contributed by atoms with Gasteiger partial charge in [0.2, 0.25) is 17.7 Å². The van der Waals surface area contributed by atoms with Crippen molar-refractivity contribution in [1.29, 1.82) is 0 Å². The molecule has 3 atom stereocenters. The van der Waals surface area contributed by atoms with Gasteiger partial charge in [0.15, 0.2) is 5.96 Å². The van der Waals surface area contributed by atoms with E-state index in [1.165, 1.54) is 12.5 Å². The first-order valence-electron chi connectivity index (χ1n) is 10.6. The van der Waals surface area contributed by atoms with Crippen LogP contribution < -0.4 is 33.2 Å². The van der Waals surface area contributed by atoms with Crippen LogP contribution in [-0.4, -0.2) is 87.0 Å². The summed E-state index contributed by atoms with van der Waals surface area (Å²) in [6.07, 6.45) is 2.26. The topological polar surface area (TPSA) is 281 Å². The van der Waals surface area contributed by atoms with E-state index >= 15 is 0 Å². The van der Waals surface area contributed by atoms with Crippen LogP contribution in [0.15, 0.2) is 17.5 Å². The van der Waals surface area contributed by atoms with Crippen LogP contribution >= 0.6 is 0 Å². The number of nitrogens with zero attached hydrogens (tertiary/aromatic N) is 2. The zero-order valence-corrected chi connectivity index (χ0v) is 18.9. The zero-order valence-electron chi connectivity index (χ0n) is 18.9. The molecular weight excluding hydrogens is 466 g/mol. The number of carbonyl (C=O) groups is 5. The quantitative estimate of drug-likeness (QED) is 0.0610. The fourth-order valence-electron chi connectivity index (χ4n) is 2.92. The van der Waals surface area contributed by atoms with Crippen LogP contribution in [0, 0.1) is 0 Å². The number of nitrogens with two attached hydrogens (primary N) is 3. The third-order valence-electron chi connectivity index (χ3n) is 4.66. The van der Waals surface area contributed by atoms with Crippen molar-refractivity contribution in [3.8, 4) is 0 Å². The second kappa shape index (κ2) is 14.8. The molecule has 0 saturated carbocycles. The molecule has 0 saturated heterocycles. The van der Waals surface area contributed by atoms with Crippen molar-refractivity contribution in [1.82, 2.24) is 25.9 Å². The van der Waals surface area contributed by atoms with Gasteiger partial charge in [0.1, 0.15) is 18.1 Å². The number of amides is 3. The van der Waals surface area contributed by atoms with Gasteiger partial charge in [0, 0.05) is 31.3 Å². The first kappa shape index (κ1) is 28.8. The van der Waals surface area contributed by atoms with Gasteiger partial charge in [0.05, 0.1) is 12.9 Å². The van der Waals surface area contributed by atoms with Crippen LogP contribution in [0.4, 0.5) is 0 Å². The molecule has 0 radical (unpaired) electrons. The number of H-pyrrole nitrogens is 1. The van der Waals surface area contributed by atoms with Crippen molar-refractivity contribution >= 4 is 35.6 Å². The first-order chi connectivity index (χ1) is 16.5. The minimum atomic E-state index is -1.49. The number of rotatable bonds is 16. The lowest BCUT2D eigenvalue weighted by Gasteiger charge is -2.24. The number of carboxylic acids is 2.